The first-order chi connectivity index (χ1) is 11.3. The Hall–Kier alpha value is -2.57. The Morgan fingerprint density at radius 2 is 0.739 bits per heavy atom. The Kier molecular flexibility index (Phi) is 3.94. The van der Waals surface area contributed by atoms with Crippen molar-refractivity contribution in [3.05, 3.63) is 91.0 Å². The molecule has 0 spiro atoms. The normalized spacial score (nSPS) is 12.8. The Morgan fingerprint density at radius 3 is 0.957 bits per heavy atom. The molecule has 0 radical (unpaired) electrons. The average molecular weight is 320 g/mol. The number of rotatable bonds is 5. The van der Waals surface area contributed by atoms with Crippen LogP contribution < -0.4 is 15.9 Å². The van der Waals surface area contributed by atoms with Crippen LogP contribution in [0.3, 0.4) is 0 Å². The molecule has 0 atom stereocenters. The average Bonchev–Trinajstić information content (AvgIpc) is 2.67. The van der Waals surface area contributed by atoms with E-state index in [1.807, 2.05) is 91.0 Å². The molecule has 3 aromatic carbocycles. The van der Waals surface area contributed by atoms with Gasteiger partial charge in [0.05, 0.1) is 0 Å². The Balaban J connectivity index is 2.52. The van der Waals surface area contributed by atoms with Crippen molar-refractivity contribution in [1.29, 1.82) is 0 Å². The van der Waals surface area contributed by atoms with Crippen LogP contribution in [0.1, 0.15) is 0 Å². The Morgan fingerprint density at radius 1 is 0.478 bits per heavy atom. The summed E-state index contributed by atoms with van der Waals surface area (Å²) in [5.41, 5.74) is 0. The SMILES string of the molecule is O=CP(C=O)(c1ccccc1)(c1ccccc1)c1ccccc1. The van der Waals surface area contributed by atoms with E-state index in [0.29, 0.717) is 0 Å². The van der Waals surface area contributed by atoms with Gasteiger partial charge < -0.3 is 0 Å². The fourth-order valence-corrected chi connectivity index (χ4v) is 7.20. The molecule has 0 saturated carbocycles. The van der Waals surface area contributed by atoms with Gasteiger partial charge in [-0.3, -0.25) is 0 Å². The van der Waals surface area contributed by atoms with E-state index in [4.69, 9.17) is 0 Å². The third-order valence-corrected chi connectivity index (χ3v) is 9.48. The van der Waals surface area contributed by atoms with Crippen LogP contribution in [0.25, 0.3) is 0 Å². The summed E-state index contributed by atoms with van der Waals surface area (Å²) < 4.78 is 0. The molecular weight excluding hydrogens is 303 g/mol. The molecule has 23 heavy (non-hydrogen) atoms. The van der Waals surface area contributed by atoms with Crippen LogP contribution in [0.4, 0.5) is 0 Å². The first-order valence-electron chi connectivity index (χ1n) is 7.39. The molecule has 0 unspecified atom stereocenters. The molecule has 3 rings (SSSR count). The van der Waals surface area contributed by atoms with E-state index in [1.54, 1.807) is 0 Å². The minimum absolute atomic E-state index is 0.765. The third kappa shape index (κ3) is 2.07. The predicted octanol–water partition coefficient (Wildman–Crippen LogP) is 2.90. The zero-order valence-electron chi connectivity index (χ0n) is 12.6. The van der Waals surface area contributed by atoms with Crippen LogP contribution in [0.2, 0.25) is 0 Å². The number of benzene rings is 3. The van der Waals surface area contributed by atoms with Crippen molar-refractivity contribution in [3.8, 4) is 0 Å². The van der Waals surface area contributed by atoms with Gasteiger partial charge in [0.1, 0.15) is 0 Å². The second-order valence-electron chi connectivity index (χ2n) is 5.48. The van der Waals surface area contributed by atoms with Gasteiger partial charge in [-0.15, -0.1) is 0 Å². The molecule has 0 aliphatic heterocycles. The van der Waals surface area contributed by atoms with E-state index < -0.39 is 6.60 Å². The van der Waals surface area contributed by atoms with Gasteiger partial charge >= 0.3 is 135 Å². The van der Waals surface area contributed by atoms with Gasteiger partial charge in [0.2, 0.25) is 0 Å². The summed E-state index contributed by atoms with van der Waals surface area (Å²) in [6, 6.07) is 29.9. The van der Waals surface area contributed by atoms with Crippen LogP contribution in [-0.4, -0.2) is 12.1 Å². The van der Waals surface area contributed by atoms with E-state index in [0.717, 1.165) is 28.0 Å². The quantitative estimate of drug-likeness (QED) is 0.535. The van der Waals surface area contributed by atoms with Crippen molar-refractivity contribution in [2.24, 2.45) is 0 Å². The van der Waals surface area contributed by atoms with Crippen LogP contribution in [0.5, 0.6) is 0 Å². The molecule has 114 valence electrons. The van der Waals surface area contributed by atoms with Gasteiger partial charge in [0.25, 0.3) is 0 Å². The molecule has 0 N–H and O–H groups in total. The molecule has 2 nitrogen and oxygen atoms in total. The summed E-state index contributed by atoms with van der Waals surface area (Å²) in [5.74, 6) is 0. The molecule has 0 saturated heterocycles. The Labute approximate surface area is 135 Å². The molecule has 0 aliphatic carbocycles. The fourth-order valence-electron chi connectivity index (χ4n) is 3.08. The van der Waals surface area contributed by atoms with Gasteiger partial charge in [0, 0.05) is 0 Å². The van der Waals surface area contributed by atoms with Crippen molar-refractivity contribution >= 4 is 34.6 Å². The first kappa shape index (κ1) is 15.3. The van der Waals surface area contributed by atoms with E-state index >= 15 is 0 Å². The van der Waals surface area contributed by atoms with E-state index in [1.165, 1.54) is 0 Å². The summed E-state index contributed by atoms with van der Waals surface area (Å²) in [4.78, 5) is 25.2. The maximum absolute atomic E-state index is 12.6. The number of hydrogen-bond donors (Lipinski definition) is 0. The van der Waals surface area contributed by atoms with Gasteiger partial charge in [-0.25, -0.2) is 0 Å². The molecule has 3 aromatic rings. The molecular formula is C20H17O2P. The van der Waals surface area contributed by atoms with Crippen LogP contribution in [0.15, 0.2) is 91.0 Å². The number of carbonyl (C=O) groups excluding carboxylic acids is 2. The van der Waals surface area contributed by atoms with Crippen LogP contribution in [-0.2, 0) is 9.59 Å². The van der Waals surface area contributed by atoms with Crippen LogP contribution >= 0.6 is 6.60 Å². The fraction of sp³-hybridized carbons (Fsp3) is 0. The van der Waals surface area contributed by atoms with Gasteiger partial charge in [0.15, 0.2) is 0 Å². The van der Waals surface area contributed by atoms with Crippen molar-refractivity contribution in [3.63, 3.8) is 0 Å². The van der Waals surface area contributed by atoms with Crippen LogP contribution in [0, 0.1) is 0 Å². The number of hydrogen-bond acceptors (Lipinski definition) is 2. The molecule has 3 heteroatoms. The maximum atomic E-state index is 12.6. The van der Waals surface area contributed by atoms with E-state index in [2.05, 4.69) is 0 Å². The molecule has 0 fully saturated rings. The van der Waals surface area contributed by atoms with Crippen molar-refractivity contribution in [2.45, 2.75) is 0 Å². The molecule has 0 amide bonds. The standard InChI is InChI=1S/C20H17O2P/c21-16-23(17-22,18-10-4-1-5-11-18,19-12-6-2-7-13-19)20-14-8-3-9-15-20/h1-17H. The minimum atomic E-state index is -3.79. The summed E-state index contributed by atoms with van der Waals surface area (Å²) in [6.07, 6.45) is 0. The van der Waals surface area contributed by atoms with Crippen molar-refractivity contribution in [2.75, 3.05) is 0 Å². The third-order valence-electron chi connectivity index (χ3n) is 4.38. The van der Waals surface area contributed by atoms with E-state index in [-0.39, 0.29) is 0 Å². The summed E-state index contributed by atoms with van der Waals surface area (Å²) in [5, 5.41) is 2.29. The number of carbonyl (C=O) groups is 2. The zero-order valence-corrected chi connectivity index (χ0v) is 13.5. The molecule has 0 bridgehead atoms. The summed E-state index contributed by atoms with van der Waals surface area (Å²) in [6.45, 7) is -3.79. The zero-order chi connectivity index (χ0) is 16.2. The van der Waals surface area contributed by atoms with Gasteiger partial charge in [-0.1, -0.05) is 0 Å². The van der Waals surface area contributed by atoms with Crippen molar-refractivity contribution in [1.82, 2.24) is 0 Å². The predicted molar refractivity (Wildman–Crippen MR) is 98.6 cm³/mol. The molecule has 0 heterocycles. The topological polar surface area (TPSA) is 34.1 Å². The molecule has 0 aliphatic rings. The summed E-state index contributed by atoms with van der Waals surface area (Å²) >= 11 is 0. The van der Waals surface area contributed by atoms with Crippen molar-refractivity contribution < 1.29 is 9.59 Å². The van der Waals surface area contributed by atoms with Gasteiger partial charge in [-0.05, 0) is 0 Å². The molecule has 0 aromatic heterocycles. The Bertz CT molecular complexity index is 703. The second-order valence-corrected chi connectivity index (χ2v) is 9.97. The monoisotopic (exact) mass is 320 g/mol. The van der Waals surface area contributed by atoms with Gasteiger partial charge in [-0.2, -0.15) is 0 Å². The first-order valence-corrected chi connectivity index (χ1v) is 9.77. The second kappa shape index (κ2) is 5.91. The summed E-state index contributed by atoms with van der Waals surface area (Å²) in [7, 11) is 0. The van der Waals surface area contributed by atoms with E-state index in [9.17, 15) is 9.59 Å².